The van der Waals surface area contributed by atoms with Crippen molar-refractivity contribution in [2.45, 2.75) is 77.9 Å². The molecule has 0 spiro atoms. The summed E-state index contributed by atoms with van der Waals surface area (Å²) in [5.41, 5.74) is -0.107. The van der Waals surface area contributed by atoms with Gasteiger partial charge in [0.15, 0.2) is 0 Å². The fourth-order valence-electron chi connectivity index (χ4n) is 2.37. The molecule has 4 heteroatoms. The third kappa shape index (κ3) is 3.10. The van der Waals surface area contributed by atoms with Crippen molar-refractivity contribution in [1.82, 2.24) is 10.2 Å². The van der Waals surface area contributed by atoms with Crippen molar-refractivity contribution in [2.24, 2.45) is 0 Å². The van der Waals surface area contributed by atoms with Gasteiger partial charge < -0.3 is 5.32 Å². The zero-order chi connectivity index (χ0) is 13.9. The molecule has 104 valence electrons. The second-order valence-electron chi connectivity index (χ2n) is 5.71. The summed E-state index contributed by atoms with van der Waals surface area (Å²) in [6.45, 7) is 10.2. The minimum absolute atomic E-state index is 0.0295. The maximum atomic E-state index is 12.3. The van der Waals surface area contributed by atoms with E-state index in [0.717, 1.165) is 19.3 Å². The summed E-state index contributed by atoms with van der Waals surface area (Å²) in [6, 6.07) is -0.283. The van der Waals surface area contributed by atoms with E-state index in [-0.39, 0.29) is 29.4 Å². The lowest BCUT2D eigenvalue weighted by atomic mass is 10.00. The number of amides is 2. The summed E-state index contributed by atoms with van der Waals surface area (Å²) < 4.78 is 0. The van der Waals surface area contributed by atoms with Gasteiger partial charge in [0.05, 0.1) is 12.5 Å². The zero-order valence-electron chi connectivity index (χ0n) is 12.2. The SMILES string of the molecule is CCC(CC)N1C(=O)CC(NC(C)(C)CC)C1=O. The van der Waals surface area contributed by atoms with Crippen LogP contribution in [-0.4, -0.2) is 34.3 Å². The lowest BCUT2D eigenvalue weighted by molar-refractivity contribution is -0.141. The third-order valence-corrected chi connectivity index (χ3v) is 3.94. The molecule has 0 aliphatic carbocycles. The standard InChI is InChI=1S/C14H26N2O2/c1-6-10(7-2)16-12(17)9-11(13(16)18)15-14(4,5)8-3/h10-11,15H,6-9H2,1-5H3. The molecule has 1 unspecified atom stereocenters. The normalized spacial score (nSPS) is 21.2. The number of imide groups is 1. The highest BCUT2D eigenvalue weighted by molar-refractivity contribution is 6.05. The van der Waals surface area contributed by atoms with Crippen LogP contribution >= 0.6 is 0 Å². The molecule has 1 aliphatic heterocycles. The predicted molar refractivity (Wildman–Crippen MR) is 72.1 cm³/mol. The second kappa shape index (κ2) is 5.83. The molecule has 1 rings (SSSR count). The van der Waals surface area contributed by atoms with Crippen LogP contribution < -0.4 is 5.32 Å². The monoisotopic (exact) mass is 254 g/mol. The smallest absolute Gasteiger partial charge is 0.247 e. The van der Waals surface area contributed by atoms with Gasteiger partial charge in [-0.25, -0.2) is 0 Å². The van der Waals surface area contributed by atoms with E-state index in [9.17, 15) is 9.59 Å². The molecule has 1 saturated heterocycles. The van der Waals surface area contributed by atoms with Crippen LogP contribution in [0.2, 0.25) is 0 Å². The Hall–Kier alpha value is -0.900. The van der Waals surface area contributed by atoms with E-state index < -0.39 is 0 Å². The molecule has 1 N–H and O–H groups in total. The van der Waals surface area contributed by atoms with Gasteiger partial charge in [-0.1, -0.05) is 20.8 Å². The molecule has 0 radical (unpaired) electrons. The van der Waals surface area contributed by atoms with Gasteiger partial charge in [-0.3, -0.25) is 14.5 Å². The average Bonchev–Trinajstić information content (AvgIpc) is 2.58. The fraction of sp³-hybridized carbons (Fsp3) is 0.857. The summed E-state index contributed by atoms with van der Waals surface area (Å²) >= 11 is 0. The van der Waals surface area contributed by atoms with E-state index in [1.807, 2.05) is 13.8 Å². The van der Waals surface area contributed by atoms with Gasteiger partial charge >= 0.3 is 0 Å². The van der Waals surface area contributed by atoms with Gasteiger partial charge in [-0.2, -0.15) is 0 Å². The lowest BCUT2D eigenvalue weighted by Crippen LogP contribution is -2.50. The van der Waals surface area contributed by atoms with Gasteiger partial charge in [-0.15, -0.1) is 0 Å². The number of hydrogen-bond donors (Lipinski definition) is 1. The van der Waals surface area contributed by atoms with Crippen LogP contribution in [0.3, 0.4) is 0 Å². The van der Waals surface area contributed by atoms with Crippen molar-refractivity contribution in [3.63, 3.8) is 0 Å². The molecule has 1 heterocycles. The van der Waals surface area contributed by atoms with Crippen molar-refractivity contribution in [2.75, 3.05) is 0 Å². The Morgan fingerprint density at radius 1 is 1.28 bits per heavy atom. The van der Waals surface area contributed by atoms with Crippen LogP contribution in [-0.2, 0) is 9.59 Å². The fourth-order valence-corrected chi connectivity index (χ4v) is 2.37. The molecule has 0 aromatic carbocycles. The number of rotatable bonds is 6. The van der Waals surface area contributed by atoms with E-state index in [0.29, 0.717) is 6.42 Å². The summed E-state index contributed by atoms with van der Waals surface area (Å²) in [7, 11) is 0. The molecule has 0 bridgehead atoms. The molecule has 1 fully saturated rings. The van der Waals surface area contributed by atoms with Gasteiger partial charge in [0, 0.05) is 11.6 Å². The maximum absolute atomic E-state index is 12.3. The van der Waals surface area contributed by atoms with E-state index >= 15 is 0 Å². The van der Waals surface area contributed by atoms with Crippen molar-refractivity contribution < 1.29 is 9.59 Å². The van der Waals surface area contributed by atoms with Crippen LogP contribution in [0.1, 0.15) is 60.3 Å². The van der Waals surface area contributed by atoms with Gasteiger partial charge in [0.2, 0.25) is 11.8 Å². The van der Waals surface area contributed by atoms with Gasteiger partial charge in [-0.05, 0) is 33.1 Å². The van der Waals surface area contributed by atoms with Crippen molar-refractivity contribution in [1.29, 1.82) is 0 Å². The number of hydrogen-bond acceptors (Lipinski definition) is 3. The predicted octanol–water partition coefficient (Wildman–Crippen LogP) is 2.08. The van der Waals surface area contributed by atoms with Gasteiger partial charge in [0.1, 0.15) is 0 Å². The quantitative estimate of drug-likeness (QED) is 0.738. The van der Waals surface area contributed by atoms with Crippen LogP contribution in [0, 0.1) is 0 Å². The zero-order valence-corrected chi connectivity index (χ0v) is 12.2. The Balaban J connectivity index is 2.78. The molecular formula is C14H26N2O2. The van der Waals surface area contributed by atoms with E-state index in [2.05, 4.69) is 26.1 Å². The minimum Gasteiger partial charge on any atom is -0.300 e. The molecular weight excluding hydrogens is 228 g/mol. The first-order valence-corrected chi connectivity index (χ1v) is 6.99. The van der Waals surface area contributed by atoms with Crippen molar-refractivity contribution in [3.05, 3.63) is 0 Å². The molecule has 18 heavy (non-hydrogen) atoms. The van der Waals surface area contributed by atoms with Crippen LogP contribution in [0.15, 0.2) is 0 Å². The number of carbonyl (C=O) groups excluding carboxylic acids is 2. The van der Waals surface area contributed by atoms with E-state index in [1.54, 1.807) is 0 Å². The second-order valence-corrected chi connectivity index (χ2v) is 5.71. The highest BCUT2D eigenvalue weighted by Gasteiger charge is 2.42. The summed E-state index contributed by atoms with van der Waals surface area (Å²) in [4.78, 5) is 25.8. The third-order valence-electron chi connectivity index (χ3n) is 3.94. The molecule has 4 nitrogen and oxygen atoms in total. The Morgan fingerprint density at radius 2 is 1.83 bits per heavy atom. The Morgan fingerprint density at radius 3 is 2.28 bits per heavy atom. The molecule has 0 aromatic rings. The first kappa shape index (κ1) is 15.2. The Kier molecular flexibility index (Phi) is 4.91. The lowest BCUT2D eigenvalue weighted by Gasteiger charge is -2.29. The van der Waals surface area contributed by atoms with Crippen LogP contribution in [0.25, 0.3) is 0 Å². The molecule has 1 atom stereocenters. The maximum Gasteiger partial charge on any atom is 0.247 e. The van der Waals surface area contributed by atoms with Gasteiger partial charge in [0.25, 0.3) is 0 Å². The summed E-state index contributed by atoms with van der Waals surface area (Å²) in [6.07, 6.45) is 2.89. The number of nitrogens with one attached hydrogen (secondary N) is 1. The Labute approximate surface area is 110 Å². The summed E-state index contributed by atoms with van der Waals surface area (Å²) in [5.74, 6) is -0.0756. The van der Waals surface area contributed by atoms with Crippen molar-refractivity contribution >= 4 is 11.8 Å². The highest BCUT2D eigenvalue weighted by Crippen LogP contribution is 2.22. The molecule has 0 aromatic heterocycles. The number of nitrogens with zero attached hydrogens (tertiary/aromatic N) is 1. The first-order chi connectivity index (χ1) is 8.36. The van der Waals surface area contributed by atoms with E-state index in [4.69, 9.17) is 0 Å². The minimum atomic E-state index is -0.340. The molecule has 0 saturated carbocycles. The number of likely N-dealkylation sites (tertiary alicyclic amines) is 1. The summed E-state index contributed by atoms with van der Waals surface area (Å²) in [5, 5.41) is 3.31. The number of carbonyl (C=O) groups is 2. The van der Waals surface area contributed by atoms with Crippen LogP contribution in [0.4, 0.5) is 0 Å². The van der Waals surface area contributed by atoms with Crippen molar-refractivity contribution in [3.8, 4) is 0 Å². The largest absolute Gasteiger partial charge is 0.300 e. The molecule has 2 amide bonds. The topological polar surface area (TPSA) is 49.4 Å². The van der Waals surface area contributed by atoms with E-state index in [1.165, 1.54) is 4.90 Å². The highest BCUT2D eigenvalue weighted by atomic mass is 16.2. The average molecular weight is 254 g/mol. The van der Waals surface area contributed by atoms with Crippen LogP contribution in [0.5, 0.6) is 0 Å². The Bertz CT molecular complexity index is 322. The molecule has 1 aliphatic rings. The first-order valence-electron chi connectivity index (χ1n) is 6.99.